The van der Waals surface area contributed by atoms with Crippen molar-refractivity contribution in [2.45, 2.75) is 39.0 Å². The van der Waals surface area contributed by atoms with Crippen LogP contribution in [0.15, 0.2) is 45.5 Å². The molecule has 1 aromatic carbocycles. The van der Waals surface area contributed by atoms with Crippen molar-refractivity contribution in [3.8, 4) is 0 Å². The molecule has 1 amide bonds. The highest BCUT2D eigenvalue weighted by Crippen LogP contribution is 2.58. The largest absolute Gasteiger partial charge is 0.465 e. The van der Waals surface area contributed by atoms with Gasteiger partial charge in [-0.3, -0.25) is 9.59 Å². The van der Waals surface area contributed by atoms with Gasteiger partial charge in [0.1, 0.15) is 16.7 Å². The average molecular weight is 475 g/mol. The summed E-state index contributed by atoms with van der Waals surface area (Å²) in [6, 6.07) is 5.38. The number of anilines is 1. The number of hydrogen-bond acceptors (Lipinski definition) is 6. The molecule has 0 saturated heterocycles. The lowest BCUT2D eigenvalue weighted by atomic mass is 9.62. The molecule has 3 aliphatic rings. The third-order valence-corrected chi connectivity index (χ3v) is 6.48. The molecule has 30 heavy (non-hydrogen) atoms. The van der Waals surface area contributed by atoms with Crippen molar-refractivity contribution in [2.75, 3.05) is 18.6 Å². The lowest BCUT2D eigenvalue weighted by Crippen LogP contribution is -2.52. The Morgan fingerprint density at radius 3 is 2.63 bits per heavy atom. The Bertz CT molecular complexity index is 1070. The van der Waals surface area contributed by atoms with Gasteiger partial charge in [-0.2, -0.15) is 0 Å². The molecule has 0 bridgehead atoms. The first-order chi connectivity index (χ1) is 14.1. The Morgan fingerprint density at radius 1 is 1.30 bits per heavy atom. The maximum absolute atomic E-state index is 14.0. The Labute approximate surface area is 183 Å². The molecule has 2 heterocycles. The van der Waals surface area contributed by atoms with Crippen LogP contribution in [0, 0.1) is 5.41 Å². The first-order valence-electron chi connectivity index (χ1n) is 9.73. The fraction of sp³-hybridized carbons (Fsp3) is 0.409. The van der Waals surface area contributed by atoms with Gasteiger partial charge in [0, 0.05) is 35.1 Å². The van der Waals surface area contributed by atoms with E-state index in [9.17, 15) is 14.4 Å². The fourth-order valence-corrected chi connectivity index (χ4v) is 5.25. The molecule has 8 heteroatoms. The van der Waals surface area contributed by atoms with Gasteiger partial charge in [0.25, 0.3) is 0 Å². The van der Waals surface area contributed by atoms with E-state index < -0.39 is 17.3 Å². The number of benzene rings is 1. The molecule has 1 aromatic rings. The van der Waals surface area contributed by atoms with Crippen LogP contribution in [0.5, 0.6) is 0 Å². The van der Waals surface area contributed by atoms with Gasteiger partial charge in [-0.05, 0) is 30.5 Å². The summed E-state index contributed by atoms with van der Waals surface area (Å²) in [6.07, 6.45) is 0.655. The molecule has 0 fully saturated rings. The summed E-state index contributed by atoms with van der Waals surface area (Å²) in [5.74, 6) is -1.28. The molecule has 1 unspecified atom stereocenters. The smallest absolute Gasteiger partial charge is 0.340 e. The summed E-state index contributed by atoms with van der Waals surface area (Å²) >= 11 is 3.46. The van der Waals surface area contributed by atoms with Crippen LogP contribution in [0.2, 0.25) is 0 Å². The van der Waals surface area contributed by atoms with Gasteiger partial charge in [0.15, 0.2) is 5.78 Å². The van der Waals surface area contributed by atoms with Crippen LogP contribution in [-0.4, -0.2) is 31.3 Å². The molecule has 2 aliphatic heterocycles. The van der Waals surface area contributed by atoms with Crippen molar-refractivity contribution in [1.82, 2.24) is 0 Å². The minimum absolute atomic E-state index is 0.142. The SMILES string of the molecule is CCN1C(=O)C2(C(C(=O)OC)=C(N)OC3=C2C(=O)CC(C)(C)C3)c2cc(Br)ccc21. The Balaban J connectivity index is 2.14. The van der Waals surface area contributed by atoms with E-state index in [0.29, 0.717) is 34.4 Å². The number of nitrogens with zero attached hydrogens (tertiary/aromatic N) is 1. The van der Waals surface area contributed by atoms with E-state index in [0.717, 1.165) is 0 Å². The summed E-state index contributed by atoms with van der Waals surface area (Å²) in [4.78, 5) is 42.0. The van der Waals surface area contributed by atoms with Crippen molar-refractivity contribution in [3.63, 3.8) is 0 Å². The maximum Gasteiger partial charge on any atom is 0.340 e. The molecule has 2 N–H and O–H groups in total. The number of allylic oxidation sites excluding steroid dienone is 1. The van der Waals surface area contributed by atoms with E-state index in [2.05, 4.69) is 15.9 Å². The molecule has 158 valence electrons. The van der Waals surface area contributed by atoms with Crippen molar-refractivity contribution in [1.29, 1.82) is 0 Å². The number of rotatable bonds is 2. The van der Waals surface area contributed by atoms with Gasteiger partial charge in [-0.25, -0.2) is 4.79 Å². The molecule has 1 atom stereocenters. The molecule has 1 spiro atoms. The highest BCUT2D eigenvalue weighted by molar-refractivity contribution is 9.10. The average Bonchev–Trinajstić information content (AvgIpc) is 2.88. The van der Waals surface area contributed by atoms with Gasteiger partial charge < -0.3 is 20.1 Å². The van der Waals surface area contributed by atoms with Crippen LogP contribution >= 0.6 is 15.9 Å². The van der Waals surface area contributed by atoms with Crippen LogP contribution < -0.4 is 10.6 Å². The van der Waals surface area contributed by atoms with E-state index in [4.69, 9.17) is 15.2 Å². The summed E-state index contributed by atoms with van der Waals surface area (Å²) in [5, 5.41) is 0. The third-order valence-electron chi connectivity index (χ3n) is 5.99. The minimum atomic E-state index is -1.69. The Hall–Kier alpha value is -2.61. The van der Waals surface area contributed by atoms with Gasteiger partial charge >= 0.3 is 5.97 Å². The van der Waals surface area contributed by atoms with Gasteiger partial charge in [0.2, 0.25) is 11.8 Å². The van der Waals surface area contributed by atoms with Crippen molar-refractivity contribution in [2.24, 2.45) is 11.1 Å². The zero-order valence-electron chi connectivity index (χ0n) is 17.3. The third kappa shape index (κ3) is 2.59. The molecule has 1 aliphatic carbocycles. The van der Waals surface area contributed by atoms with Crippen molar-refractivity contribution < 1.29 is 23.9 Å². The minimum Gasteiger partial charge on any atom is -0.465 e. The van der Waals surface area contributed by atoms with Gasteiger partial charge in [-0.1, -0.05) is 29.8 Å². The second kappa shape index (κ2) is 6.70. The highest BCUT2D eigenvalue weighted by Gasteiger charge is 2.64. The number of nitrogens with two attached hydrogens (primary N) is 1. The quantitative estimate of drug-likeness (QED) is 0.661. The number of ether oxygens (including phenoxy) is 2. The van der Waals surface area contributed by atoms with Crippen molar-refractivity contribution >= 4 is 39.3 Å². The van der Waals surface area contributed by atoms with E-state index in [1.165, 1.54) is 7.11 Å². The number of carbonyl (C=O) groups is 3. The van der Waals surface area contributed by atoms with E-state index >= 15 is 0 Å². The number of hydrogen-bond donors (Lipinski definition) is 1. The number of likely N-dealkylation sites (N-methyl/N-ethyl adjacent to an activating group) is 1. The first-order valence-corrected chi connectivity index (χ1v) is 10.5. The highest BCUT2D eigenvalue weighted by atomic mass is 79.9. The number of amides is 1. The summed E-state index contributed by atoms with van der Waals surface area (Å²) in [7, 11) is 1.21. The van der Waals surface area contributed by atoms with Crippen LogP contribution in [0.25, 0.3) is 0 Å². The second-order valence-electron chi connectivity index (χ2n) is 8.53. The van der Waals surface area contributed by atoms with Crippen LogP contribution in [0.3, 0.4) is 0 Å². The van der Waals surface area contributed by atoms with Crippen LogP contribution in [0.4, 0.5) is 5.69 Å². The predicted molar refractivity (Wildman–Crippen MR) is 113 cm³/mol. The number of esters is 1. The molecular formula is C22H23BrN2O5. The van der Waals surface area contributed by atoms with Gasteiger partial charge in [-0.15, -0.1) is 0 Å². The molecule has 7 nitrogen and oxygen atoms in total. The lowest BCUT2D eigenvalue weighted by molar-refractivity contribution is -0.139. The number of ketones is 1. The monoisotopic (exact) mass is 474 g/mol. The lowest BCUT2D eigenvalue weighted by Gasteiger charge is -2.42. The molecule has 0 radical (unpaired) electrons. The van der Waals surface area contributed by atoms with Gasteiger partial charge in [0.05, 0.1) is 12.7 Å². The standard InChI is InChI=1S/C22H23BrN2O5/c1-5-25-13-7-6-11(23)8-12(13)22(20(25)28)16-14(26)9-21(2,3)10-15(16)30-18(24)17(22)19(27)29-4/h6-8H,5,9-10,24H2,1-4H3. The first kappa shape index (κ1) is 20.7. The number of carbonyl (C=O) groups excluding carboxylic acids is 3. The zero-order chi connectivity index (χ0) is 22.0. The molecule has 0 saturated carbocycles. The molecular weight excluding hydrogens is 452 g/mol. The Kier molecular flexibility index (Phi) is 4.61. The van der Waals surface area contributed by atoms with E-state index in [1.54, 1.807) is 17.0 Å². The van der Waals surface area contributed by atoms with Crippen LogP contribution in [0.1, 0.15) is 39.2 Å². The summed E-state index contributed by atoms with van der Waals surface area (Å²) in [5.41, 5.74) is 5.39. The Morgan fingerprint density at radius 2 is 2.00 bits per heavy atom. The number of halogens is 1. The maximum atomic E-state index is 14.0. The predicted octanol–water partition coefficient (Wildman–Crippen LogP) is 3.07. The normalized spacial score (nSPS) is 24.8. The van der Waals surface area contributed by atoms with Crippen LogP contribution in [-0.2, 0) is 29.3 Å². The number of fused-ring (bicyclic) bond motifs is 3. The molecule has 4 rings (SSSR count). The zero-order valence-corrected chi connectivity index (χ0v) is 18.9. The van der Waals surface area contributed by atoms with E-state index in [-0.39, 0.29) is 34.6 Å². The second-order valence-corrected chi connectivity index (χ2v) is 9.45. The summed E-state index contributed by atoms with van der Waals surface area (Å²) < 4.78 is 11.5. The number of Topliss-reactive ketones (excluding diaryl/α,β-unsaturated/α-hetero) is 1. The van der Waals surface area contributed by atoms with E-state index in [1.807, 2.05) is 26.8 Å². The summed E-state index contributed by atoms with van der Waals surface area (Å²) in [6.45, 7) is 6.13. The fourth-order valence-electron chi connectivity index (χ4n) is 4.89. The topological polar surface area (TPSA) is 98.9 Å². The molecule has 0 aromatic heterocycles. The number of methoxy groups -OCH3 is 1. The van der Waals surface area contributed by atoms with Crippen molar-refractivity contribution in [3.05, 3.63) is 51.0 Å².